The highest BCUT2D eigenvalue weighted by molar-refractivity contribution is 7.21. The lowest BCUT2D eigenvalue weighted by molar-refractivity contribution is 0.0954. The zero-order valence-electron chi connectivity index (χ0n) is 12.2. The Hall–Kier alpha value is -2.25. The number of hydrogen-bond donors (Lipinski definition) is 1. The van der Waals surface area contributed by atoms with Gasteiger partial charge in [-0.25, -0.2) is 9.37 Å². The number of amides is 1. The number of aryl methyl sites for hydroxylation is 1. The summed E-state index contributed by atoms with van der Waals surface area (Å²) in [6.45, 7) is 2.13. The lowest BCUT2D eigenvalue weighted by atomic mass is 10.1. The van der Waals surface area contributed by atoms with Crippen LogP contribution in [-0.4, -0.2) is 15.3 Å². The van der Waals surface area contributed by atoms with E-state index in [0.29, 0.717) is 22.4 Å². The number of hydrogen-bond acceptors (Lipinski definition) is 4. The second kappa shape index (κ2) is 5.43. The van der Waals surface area contributed by atoms with Crippen molar-refractivity contribution in [2.45, 2.75) is 13.5 Å². The van der Waals surface area contributed by atoms with Crippen LogP contribution in [0, 0.1) is 12.7 Å². The van der Waals surface area contributed by atoms with Crippen LogP contribution in [0.4, 0.5) is 4.39 Å². The van der Waals surface area contributed by atoms with Crippen molar-refractivity contribution >= 4 is 43.6 Å². The molecule has 23 heavy (non-hydrogen) atoms. The number of halogens is 1. The number of thiophene rings is 1. The van der Waals surface area contributed by atoms with Crippen LogP contribution >= 0.6 is 22.7 Å². The molecule has 1 aromatic carbocycles. The predicted octanol–water partition coefficient (Wildman–Crippen LogP) is 3.99. The Kier molecular flexibility index (Phi) is 3.39. The number of nitrogens with zero attached hydrogens (tertiary/aromatic N) is 2. The minimum atomic E-state index is -0.287. The van der Waals surface area contributed by atoms with Gasteiger partial charge < -0.3 is 5.32 Å². The van der Waals surface area contributed by atoms with Crippen LogP contribution in [-0.2, 0) is 6.54 Å². The van der Waals surface area contributed by atoms with Gasteiger partial charge in [0.2, 0.25) is 0 Å². The van der Waals surface area contributed by atoms with E-state index in [-0.39, 0.29) is 11.7 Å². The molecule has 0 aliphatic rings. The molecule has 0 aliphatic heterocycles. The Balaban J connectivity index is 1.58. The van der Waals surface area contributed by atoms with E-state index in [9.17, 15) is 9.18 Å². The van der Waals surface area contributed by atoms with Gasteiger partial charge in [-0.05, 0) is 24.6 Å². The minimum absolute atomic E-state index is 0.195. The van der Waals surface area contributed by atoms with Gasteiger partial charge in [-0.3, -0.25) is 9.20 Å². The van der Waals surface area contributed by atoms with E-state index in [0.717, 1.165) is 15.4 Å². The van der Waals surface area contributed by atoms with Crippen LogP contribution in [0.3, 0.4) is 0 Å². The van der Waals surface area contributed by atoms with E-state index in [2.05, 4.69) is 10.3 Å². The third-order valence-corrected chi connectivity index (χ3v) is 5.71. The molecule has 0 atom stereocenters. The van der Waals surface area contributed by atoms with Crippen LogP contribution in [0.1, 0.15) is 20.9 Å². The lowest BCUT2D eigenvalue weighted by Crippen LogP contribution is -2.22. The van der Waals surface area contributed by atoms with E-state index in [1.54, 1.807) is 24.3 Å². The van der Waals surface area contributed by atoms with Crippen molar-refractivity contribution in [2.24, 2.45) is 0 Å². The molecule has 0 spiro atoms. The summed E-state index contributed by atoms with van der Waals surface area (Å²) in [6, 6.07) is 4.91. The van der Waals surface area contributed by atoms with E-state index < -0.39 is 0 Å². The highest BCUT2D eigenvalue weighted by Gasteiger charge is 2.17. The van der Waals surface area contributed by atoms with Crippen LogP contribution in [0.15, 0.2) is 36.0 Å². The molecule has 0 fully saturated rings. The number of benzene rings is 1. The van der Waals surface area contributed by atoms with Crippen LogP contribution in [0.25, 0.3) is 15.0 Å². The van der Waals surface area contributed by atoms with E-state index >= 15 is 0 Å². The number of fused-ring (bicyclic) bond motifs is 2. The van der Waals surface area contributed by atoms with Gasteiger partial charge in [-0.15, -0.1) is 22.7 Å². The Bertz CT molecular complexity index is 1000. The third kappa shape index (κ3) is 2.42. The first-order valence-corrected chi connectivity index (χ1v) is 8.70. The van der Waals surface area contributed by atoms with Gasteiger partial charge >= 0.3 is 0 Å². The van der Waals surface area contributed by atoms with Gasteiger partial charge in [0, 0.05) is 27.9 Å². The fourth-order valence-corrected chi connectivity index (χ4v) is 4.44. The summed E-state index contributed by atoms with van der Waals surface area (Å²) in [5.74, 6) is -0.482. The maximum Gasteiger partial charge on any atom is 0.261 e. The highest BCUT2D eigenvalue weighted by Crippen LogP contribution is 2.32. The Morgan fingerprint density at radius 2 is 2.30 bits per heavy atom. The summed E-state index contributed by atoms with van der Waals surface area (Å²) in [5, 5.41) is 5.36. The van der Waals surface area contributed by atoms with Crippen LogP contribution < -0.4 is 5.32 Å². The van der Waals surface area contributed by atoms with Crippen molar-refractivity contribution in [3.8, 4) is 0 Å². The summed E-state index contributed by atoms with van der Waals surface area (Å²) in [4.78, 5) is 18.3. The van der Waals surface area contributed by atoms with E-state index in [1.165, 1.54) is 17.4 Å². The normalized spacial score (nSPS) is 11.4. The SMILES string of the molecule is Cc1c(C(=O)NCc2cn3ccsc3n2)sc2cccc(F)c12. The number of imidazole rings is 1. The van der Waals surface area contributed by atoms with Crippen molar-refractivity contribution in [1.82, 2.24) is 14.7 Å². The number of thiazole rings is 1. The first-order chi connectivity index (χ1) is 11.1. The zero-order chi connectivity index (χ0) is 16.0. The van der Waals surface area contributed by atoms with Gasteiger partial charge in [-0.1, -0.05) is 6.07 Å². The second-order valence-electron chi connectivity index (χ2n) is 5.18. The molecule has 7 heteroatoms. The molecule has 0 saturated heterocycles. The van der Waals surface area contributed by atoms with Gasteiger partial charge in [-0.2, -0.15) is 0 Å². The van der Waals surface area contributed by atoms with Gasteiger partial charge in [0.1, 0.15) is 5.82 Å². The van der Waals surface area contributed by atoms with Crippen LogP contribution in [0.2, 0.25) is 0 Å². The average molecular weight is 345 g/mol. The summed E-state index contributed by atoms with van der Waals surface area (Å²) in [5.41, 5.74) is 1.49. The Labute approximate surface area is 139 Å². The maximum atomic E-state index is 13.9. The number of carbonyl (C=O) groups is 1. The standard InChI is InChI=1S/C16H12FN3OS2/c1-9-13-11(17)3-2-4-12(13)23-14(9)15(21)18-7-10-8-20-5-6-22-16(20)19-10/h2-6,8H,7H2,1H3,(H,18,21). The van der Waals surface area contributed by atoms with Crippen molar-refractivity contribution in [3.63, 3.8) is 0 Å². The molecule has 1 amide bonds. The zero-order valence-corrected chi connectivity index (χ0v) is 13.8. The topological polar surface area (TPSA) is 46.4 Å². The van der Waals surface area contributed by atoms with Gasteiger partial charge in [0.05, 0.1) is 17.1 Å². The molecular formula is C16H12FN3OS2. The molecule has 4 rings (SSSR count). The Morgan fingerprint density at radius 1 is 1.43 bits per heavy atom. The number of aromatic nitrogens is 2. The largest absolute Gasteiger partial charge is 0.346 e. The number of nitrogens with one attached hydrogen (secondary N) is 1. The number of rotatable bonds is 3. The van der Waals surface area contributed by atoms with Gasteiger partial charge in [0.15, 0.2) is 4.96 Å². The minimum Gasteiger partial charge on any atom is -0.346 e. The van der Waals surface area contributed by atoms with E-state index in [1.807, 2.05) is 28.2 Å². The molecule has 4 nitrogen and oxygen atoms in total. The van der Waals surface area contributed by atoms with Crippen molar-refractivity contribution < 1.29 is 9.18 Å². The fraction of sp³-hybridized carbons (Fsp3) is 0.125. The lowest BCUT2D eigenvalue weighted by Gasteiger charge is -2.02. The van der Waals surface area contributed by atoms with Crippen molar-refractivity contribution in [1.29, 1.82) is 0 Å². The summed E-state index contributed by atoms with van der Waals surface area (Å²) < 4.78 is 16.6. The monoisotopic (exact) mass is 345 g/mol. The summed E-state index contributed by atoms with van der Waals surface area (Å²) in [6.07, 6.45) is 3.82. The summed E-state index contributed by atoms with van der Waals surface area (Å²) >= 11 is 2.86. The molecule has 0 aliphatic carbocycles. The molecule has 116 valence electrons. The molecule has 3 aromatic heterocycles. The average Bonchev–Trinajstić information content (AvgIpc) is 3.18. The second-order valence-corrected chi connectivity index (χ2v) is 7.10. The molecule has 0 unspecified atom stereocenters. The van der Waals surface area contributed by atoms with Crippen molar-refractivity contribution in [3.05, 3.63) is 57.9 Å². The molecule has 4 aromatic rings. The molecule has 0 saturated carbocycles. The smallest absolute Gasteiger partial charge is 0.261 e. The summed E-state index contributed by atoms with van der Waals surface area (Å²) in [7, 11) is 0. The molecule has 1 N–H and O–H groups in total. The number of carbonyl (C=O) groups excluding carboxylic acids is 1. The quantitative estimate of drug-likeness (QED) is 0.610. The fourth-order valence-electron chi connectivity index (χ4n) is 2.58. The highest BCUT2D eigenvalue weighted by atomic mass is 32.1. The third-order valence-electron chi connectivity index (χ3n) is 3.68. The van der Waals surface area contributed by atoms with Crippen molar-refractivity contribution in [2.75, 3.05) is 0 Å². The maximum absolute atomic E-state index is 13.9. The molecule has 3 heterocycles. The molecular weight excluding hydrogens is 333 g/mol. The van der Waals surface area contributed by atoms with Gasteiger partial charge in [0.25, 0.3) is 5.91 Å². The predicted molar refractivity (Wildman–Crippen MR) is 90.8 cm³/mol. The first kappa shape index (κ1) is 14.3. The Morgan fingerprint density at radius 3 is 3.09 bits per heavy atom. The molecule has 0 radical (unpaired) electrons. The van der Waals surface area contributed by atoms with Crippen LogP contribution in [0.5, 0.6) is 0 Å². The first-order valence-electron chi connectivity index (χ1n) is 7.00. The molecule has 0 bridgehead atoms. The van der Waals surface area contributed by atoms with E-state index in [4.69, 9.17) is 0 Å².